The normalized spacial score (nSPS) is 11.7. The monoisotopic (exact) mass is 287 g/mol. The van der Waals surface area contributed by atoms with Crippen molar-refractivity contribution < 1.29 is 0 Å². The van der Waals surface area contributed by atoms with Crippen LogP contribution in [0.3, 0.4) is 0 Å². The molecule has 0 amide bonds. The molecule has 106 valence electrons. The molecule has 0 radical (unpaired) electrons. The number of hydrazine groups is 1. The maximum Gasteiger partial charge on any atom is 0.0561 e. The van der Waals surface area contributed by atoms with Crippen LogP contribution in [0.15, 0.2) is 34.1 Å². The molecule has 0 aliphatic carbocycles. The van der Waals surface area contributed by atoms with Gasteiger partial charge in [0.1, 0.15) is 0 Å². The molecule has 2 aromatic carbocycles. The van der Waals surface area contributed by atoms with E-state index in [-0.39, 0.29) is 0 Å². The van der Waals surface area contributed by atoms with Crippen molar-refractivity contribution in [2.24, 2.45) is 11.7 Å². The van der Waals surface area contributed by atoms with Crippen molar-refractivity contribution in [1.82, 2.24) is 0 Å². The summed E-state index contributed by atoms with van der Waals surface area (Å²) in [6, 6.07) is 8.51. The molecule has 3 rings (SSSR count). The Morgan fingerprint density at radius 3 is 2.15 bits per heavy atom. The summed E-state index contributed by atoms with van der Waals surface area (Å²) in [5.74, 6) is 8.00. The first-order valence-corrected chi connectivity index (χ1v) is 7.39. The van der Waals surface area contributed by atoms with E-state index >= 15 is 0 Å². The Morgan fingerprint density at radius 2 is 1.45 bits per heavy atom. The smallest absolute Gasteiger partial charge is 0.0561 e. The zero-order valence-electron chi connectivity index (χ0n) is 12.4. The fraction of sp³-hybridized carbons (Fsp3) is 0.250. The second-order valence-corrected chi connectivity index (χ2v) is 5.98. The lowest BCUT2D eigenvalue weighted by Gasteiger charge is -2.26. The van der Waals surface area contributed by atoms with E-state index in [0.29, 0.717) is 0 Å². The van der Waals surface area contributed by atoms with Gasteiger partial charge in [-0.25, -0.2) is 0 Å². The first-order valence-electron chi connectivity index (χ1n) is 6.57. The minimum atomic E-state index is 1.22. The third-order valence-corrected chi connectivity index (χ3v) is 5.28. The summed E-state index contributed by atoms with van der Waals surface area (Å²) in [5.41, 5.74) is 8.11. The van der Waals surface area contributed by atoms with E-state index in [9.17, 15) is 0 Å². The lowest BCUT2D eigenvalue weighted by atomic mass is 9.97. The van der Waals surface area contributed by atoms with E-state index < -0.39 is 0 Å². The first kappa shape index (κ1) is 14.9. The van der Waals surface area contributed by atoms with Crippen molar-refractivity contribution in [2.45, 2.75) is 37.5 Å². The number of anilines is 2. The van der Waals surface area contributed by atoms with Crippen molar-refractivity contribution in [3.8, 4) is 0 Å². The van der Waals surface area contributed by atoms with Crippen molar-refractivity contribution in [3.63, 3.8) is 0 Å². The molecule has 1 heterocycles. The van der Waals surface area contributed by atoms with E-state index in [2.05, 4.69) is 69.0 Å². The Morgan fingerprint density at radius 1 is 0.850 bits per heavy atom. The molecule has 0 fully saturated rings. The summed E-state index contributed by atoms with van der Waals surface area (Å²) >= 11 is 1.88. The molecule has 0 saturated heterocycles. The number of hydrogen-bond donors (Lipinski definition) is 3. The third kappa shape index (κ3) is 2.30. The van der Waals surface area contributed by atoms with Crippen LogP contribution in [-0.2, 0) is 0 Å². The van der Waals surface area contributed by atoms with E-state index in [0.717, 1.165) is 0 Å². The highest BCUT2D eigenvalue weighted by Gasteiger charge is 2.21. The van der Waals surface area contributed by atoms with Crippen LogP contribution in [0, 0.1) is 27.7 Å². The van der Waals surface area contributed by atoms with Gasteiger partial charge in [-0.3, -0.25) is 11.7 Å². The highest BCUT2D eigenvalue weighted by atomic mass is 32.2. The van der Waals surface area contributed by atoms with Crippen LogP contribution in [0.1, 0.15) is 22.3 Å². The molecule has 1 aliphatic rings. The number of para-hydroxylation sites is 1. The molecule has 0 spiro atoms. The summed E-state index contributed by atoms with van der Waals surface area (Å²) in [6.07, 6.45) is 0. The molecule has 0 atom stereocenters. The Kier molecular flexibility index (Phi) is 4.38. The summed E-state index contributed by atoms with van der Waals surface area (Å²) in [7, 11) is 0. The van der Waals surface area contributed by atoms with Crippen LogP contribution in [0.2, 0.25) is 0 Å². The van der Waals surface area contributed by atoms with Crippen LogP contribution in [0.4, 0.5) is 11.4 Å². The molecule has 1 aliphatic heterocycles. The van der Waals surface area contributed by atoms with Crippen LogP contribution in [-0.4, -0.2) is 0 Å². The Hall–Kier alpha value is -1.49. The van der Waals surface area contributed by atoms with Gasteiger partial charge in [0, 0.05) is 9.79 Å². The van der Waals surface area contributed by atoms with Gasteiger partial charge >= 0.3 is 0 Å². The lowest BCUT2D eigenvalue weighted by molar-refractivity contribution is 1.13. The molecule has 0 bridgehead atoms. The predicted molar refractivity (Wildman–Crippen MR) is 87.6 cm³/mol. The van der Waals surface area contributed by atoms with Crippen LogP contribution < -0.4 is 17.0 Å². The fourth-order valence-electron chi connectivity index (χ4n) is 2.46. The topological polar surface area (TPSA) is 64.1 Å². The first-order chi connectivity index (χ1) is 9.59. The highest BCUT2D eigenvalue weighted by molar-refractivity contribution is 7.99. The third-order valence-electron chi connectivity index (χ3n) is 3.99. The maximum absolute atomic E-state index is 4.00. The molecule has 0 aromatic heterocycles. The van der Waals surface area contributed by atoms with E-state index in [1.807, 2.05) is 11.8 Å². The average Bonchev–Trinajstić information content (AvgIpc) is 2.51. The summed E-state index contributed by atoms with van der Waals surface area (Å²) in [5, 5.41) is 3.60. The molecule has 0 unspecified atom stereocenters. The Balaban J connectivity index is 0.000000704. The summed E-state index contributed by atoms with van der Waals surface area (Å²) < 4.78 is 0. The predicted octanol–water partition coefficient (Wildman–Crippen LogP) is 3.95. The van der Waals surface area contributed by atoms with Gasteiger partial charge in [0.05, 0.1) is 11.4 Å². The Bertz CT molecular complexity index is 595. The van der Waals surface area contributed by atoms with Gasteiger partial charge in [-0.2, -0.15) is 0 Å². The van der Waals surface area contributed by atoms with Gasteiger partial charge in [-0.15, -0.1) is 0 Å². The minimum Gasteiger partial charge on any atom is -0.353 e. The van der Waals surface area contributed by atoms with Crippen LogP contribution in [0.5, 0.6) is 0 Å². The van der Waals surface area contributed by atoms with E-state index in [1.165, 1.54) is 43.4 Å². The lowest BCUT2D eigenvalue weighted by Crippen LogP contribution is -2.06. The number of rotatable bonds is 0. The van der Waals surface area contributed by atoms with Gasteiger partial charge in [0.2, 0.25) is 0 Å². The second-order valence-electron chi connectivity index (χ2n) is 4.93. The molecule has 20 heavy (non-hydrogen) atoms. The molecule has 2 aromatic rings. The zero-order valence-corrected chi connectivity index (χ0v) is 13.2. The molecular formula is C16H21N3S. The summed E-state index contributed by atoms with van der Waals surface area (Å²) in [6.45, 7) is 8.87. The summed E-state index contributed by atoms with van der Waals surface area (Å²) in [4.78, 5) is 2.70. The van der Waals surface area contributed by atoms with E-state index in [1.54, 1.807) is 0 Å². The molecule has 5 N–H and O–H groups in total. The molecule has 3 nitrogen and oxygen atoms in total. The van der Waals surface area contributed by atoms with Crippen LogP contribution >= 0.6 is 11.8 Å². The highest BCUT2D eigenvalue weighted by Crippen LogP contribution is 2.48. The quantitative estimate of drug-likeness (QED) is 0.433. The number of nitrogens with two attached hydrogens (primary N) is 2. The van der Waals surface area contributed by atoms with Gasteiger partial charge in [0.25, 0.3) is 0 Å². The SMILES string of the molecule is Cc1c(C)c(C)c2c(c1C)Nc1ccccc1S2.NN. The fourth-order valence-corrected chi connectivity index (χ4v) is 3.67. The second kappa shape index (κ2) is 5.87. The van der Waals surface area contributed by atoms with Crippen molar-refractivity contribution in [2.75, 3.05) is 5.32 Å². The number of fused-ring (bicyclic) bond motifs is 2. The number of hydrogen-bond acceptors (Lipinski definition) is 4. The zero-order chi connectivity index (χ0) is 14.9. The maximum atomic E-state index is 4.00. The molecule has 0 saturated carbocycles. The molecular weight excluding hydrogens is 266 g/mol. The van der Waals surface area contributed by atoms with Crippen molar-refractivity contribution in [3.05, 3.63) is 46.5 Å². The van der Waals surface area contributed by atoms with Gasteiger partial charge < -0.3 is 5.32 Å². The standard InChI is InChI=1S/C16H17NS.H4N2/c1-9-10(2)12(4)16-15(11(9)3)17-13-7-5-6-8-14(13)18-16;1-2/h5-8,17H,1-4H3;1-2H2. The number of benzene rings is 2. The van der Waals surface area contributed by atoms with Gasteiger partial charge in [-0.05, 0) is 62.1 Å². The van der Waals surface area contributed by atoms with Crippen LogP contribution in [0.25, 0.3) is 0 Å². The molecule has 4 heteroatoms. The minimum absolute atomic E-state index is 1.22. The van der Waals surface area contributed by atoms with Crippen molar-refractivity contribution in [1.29, 1.82) is 0 Å². The van der Waals surface area contributed by atoms with E-state index in [4.69, 9.17) is 0 Å². The largest absolute Gasteiger partial charge is 0.353 e. The average molecular weight is 287 g/mol. The van der Waals surface area contributed by atoms with Gasteiger partial charge in [0.15, 0.2) is 0 Å². The number of nitrogens with one attached hydrogen (secondary N) is 1. The van der Waals surface area contributed by atoms with Gasteiger partial charge in [-0.1, -0.05) is 23.9 Å². The Labute approximate surface area is 124 Å². The van der Waals surface area contributed by atoms with Crippen molar-refractivity contribution >= 4 is 23.1 Å².